The number of thiophene rings is 1. The highest BCUT2D eigenvalue weighted by molar-refractivity contribution is 7.10. The van der Waals surface area contributed by atoms with Crippen LogP contribution in [0.2, 0.25) is 0 Å². The Morgan fingerprint density at radius 1 is 1.47 bits per heavy atom. The van der Waals surface area contributed by atoms with E-state index in [9.17, 15) is 4.79 Å². The molecule has 2 N–H and O–H groups in total. The first-order valence-corrected chi connectivity index (χ1v) is 7.94. The Morgan fingerprint density at radius 2 is 2.26 bits per heavy atom. The van der Waals surface area contributed by atoms with E-state index in [0.717, 1.165) is 6.54 Å². The van der Waals surface area contributed by atoms with E-state index in [1.54, 1.807) is 0 Å². The van der Waals surface area contributed by atoms with Crippen LogP contribution in [-0.2, 0) is 11.2 Å². The van der Waals surface area contributed by atoms with Crippen LogP contribution in [0.15, 0.2) is 11.4 Å². The standard InChI is InChI=1S/C15H24N2OS/c1-15(2,3)17-14(18)7-9-16-12-5-4-6-13-11(12)8-10-19-13/h8,10,12,16H,4-7,9H2,1-3H3,(H,17,18). The van der Waals surface area contributed by atoms with Crippen LogP contribution in [0.5, 0.6) is 0 Å². The zero-order valence-electron chi connectivity index (χ0n) is 12.1. The van der Waals surface area contributed by atoms with Gasteiger partial charge in [-0.1, -0.05) is 0 Å². The fourth-order valence-electron chi connectivity index (χ4n) is 2.54. The van der Waals surface area contributed by atoms with Crippen molar-refractivity contribution in [2.75, 3.05) is 6.54 Å². The number of carbonyl (C=O) groups is 1. The quantitative estimate of drug-likeness (QED) is 0.890. The van der Waals surface area contributed by atoms with Gasteiger partial charge in [0.15, 0.2) is 0 Å². The molecule has 1 amide bonds. The van der Waals surface area contributed by atoms with E-state index in [4.69, 9.17) is 0 Å². The molecule has 1 unspecified atom stereocenters. The fraction of sp³-hybridized carbons (Fsp3) is 0.667. The molecule has 19 heavy (non-hydrogen) atoms. The predicted molar refractivity (Wildman–Crippen MR) is 80.5 cm³/mol. The molecule has 3 nitrogen and oxygen atoms in total. The number of aryl methyl sites for hydroxylation is 1. The molecule has 0 saturated carbocycles. The lowest BCUT2D eigenvalue weighted by Gasteiger charge is -2.24. The lowest BCUT2D eigenvalue weighted by atomic mass is 9.94. The maximum absolute atomic E-state index is 11.7. The summed E-state index contributed by atoms with van der Waals surface area (Å²) in [6.07, 6.45) is 4.20. The van der Waals surface area contributed by atoms with Gasteiger partial charge in [0, 0.05) is 29.4 Å². The minimum absolute atomic E-state index is 0.126. The van der Waals surface area contributed by atoms with Crippen LogP contribution >= 0.6 is 11.3 Å². The van der Waals surface area contributed by atoms with Crippen molar-refractivity contribution in [2.24, 2.45) is 0 Å². The summed E-state index contributed by atoms with van der Waals surface area (Å²) in [5, 5.41) is 8.70. The Bertz CT molecular complexity index is 434. The number of amides is 1. The molecule has 106 valence electrons. The summed E-state index contributed by atoms with van der Waals surface area (Å²) in [5.41, 5.74) is 1.31. The van der Waals surface area contributed by atoms with Crippen LogP contribution in [0.25, 0.3) is 0 Å². The van der Waals surface area contributed by atoms with Crippen LogP contribution < -0.4 is 10.6 Å². The first kappa shape index (κ1) is 14.5. The average Bonchev–Trinajstić information content (AvgIpc) is 2.75. The molecule has 2 rings (SSSR count). The second kappa shape index (κ2) is 6.06. The molecule has 0 spiro atoms. The number of nitrogens with one attached hydrogen (secondary N) is 2. The third-order valence-electron chi connectivity index (χ3n) is 3.31. The third kappa shape index (κ3) is 4.32. The molecule has 0 fully saturated rings. The average molecular weight is 280 g/mol. The van der Waals surface area contributed by atoms with Crippen molar-refractivity contribution in [1.82, 2.24) is 10.6 Å². The molecule has 0 aromatic carbocycles. The Labute approximate surface area is 119 Å². The molecule has 1 aromatic heterocycles. The maximum atomic E-state index is 11.7. The van der Waals surface area contributed by atoms with Gasteiger partial charge in [0.1, 0.15) is 0 Å². The van der Waals surface area contributed by atoms with Crippen molar-refractivity contribution in [1.29, 1.82) is 0 Å². The Kier molecular flexibility index (Phi) is 4.63. The van der Waals surface area contributed by atoms with E-state index in [0.29, 0.717) is 12.5 Å². The highest BCUT2D eigenvalue weighted by atomic mass is 32.1. The monoisotopic (exact) mass is 280 g/mol. The van der Waals surface area contributed by atoms with Gasteiger partial charge < -0.3 is 10.6 Å². The van der Waals surface area contributed by atoms with Gasteiger partial charge in [-0.05, 0) is 57.0 Å². The van der Waals surface area contributed by atoms with Crippen LogP contribution in [0.3, 0.4) is 0 Å². The van der Waals surface area contributed by atoms with Crippen molar-refractivity contribution in [3.05, 3.63) is 21.9 Å². The first-order chi connectivity index (χ1) is 8.96. The highest BCUT2D eigenvalue weighted by Gasteiger charge is 2.21. The number of hydrogen-bond donors (Lipinski definition) is 2. The predicted octanol–water partition coefficient (Wildman–Crippen LogP) is 3.02. The number of rotatable bonds is 4. The summed E-state index contributed by atoms with van der Waals surface area (Å²) in [6, 6.07) is 2.67. The fourth-order valence-corrected chi connectivity index (χ4v) is 3.53. The molecule has 1 aromatic rings. The summed E-state index contributed by atoms with van der Waals surface area (Å²) in [5.74, 6) is 0.126. The van der Waals surface area contributed by atoms with Crippen molar-refractivity contribution < 1.29 is 4.79 Å². The van der Waals surface area contributed by atoms with Gasteiger partial charge in [-0.2, -0.15) is 0 Å². The number of carbonyl (C=O) groups excluding carboxylic acids is 1. The molecule has 1 heterocycles. The minimum Gasteiger partial charge on any atom is -0.351 e. The van der Waals surface area contributed by atoms with Gasteiger partial charge in [-0.25, -0.2) is 0 Å². The SMILES string of the molecule is CC(C)(C)NC(=O)CCNC1CCCc2sccc21. The molecule has 0 radical (unpaired) electrons. The van der Waals surface area contributed by atoms with Crippen LogP contribution in [-0.4, -0.2) is 18.0 Å². The van der Waals surface area contributed by atoms with E-state index in [1.807, 2.05) is 32.1 Å². The summed E-state index contributed by atoms with van der Waals surface area (Å²) in [4.78, 5) is 13.3. The topological polar surface area (TPSA) is 41.1 Å². The molecular weight excluding hydrogens is 256 g/mol. The number of hydrogen-bond acceptors (Lipinski definition) is 3. The van der Waals surface area contributed by atoms with Gasteiger partial charge >= 0.3 is 0 Å². The van der Waals surface area contributed by atoms with Gasteiger partial charge in [0.05, 0.1) is 0 Å². The second-order valence-corrected chi connectivity index (χ2v) is 7.25. The lowest BCUT2D eigenvalue weighted by molar-refractivity contribution is -0.122. The summed E-state index contributed by atoms with van der Waals surface area (Å²) in [7, 11) is 0. The molecule has 1 aliphatic carbocycles. The Morgan fingerprint density at radius 3 is 3.00 bits per heavy atom. The molecule has 0 bridgehead atoms. The second-order valence-electron chi connectivity index (χ2n) is 6.25. The molecule has 0 aliphatic heterocycles. The van der Waals surface area contributed by atoms with E-state index in [1.165, 1.54) is 29.7 Å². The van der Waals surface area contributed by atoms with E-state index < -0.39 is 0 Å². The Balaban J connectivity index is 1.77. The van der Waals surface area contributed by atoms with Gasteiger partial charge in [-0.15, -0.1) is 11.3 Å². The number of fused-ring (bicyclic) bond motifs is 1. The maximum Gasteiger partial charge on any atom is 0.221 e. The minimum atomic E-state index is -0.136. The van der Waals surface area contributed by atoms with Crippen LogP contribution in [0.1, 0.15) is 56.5 Å². The summed E-state index contributed by atoms with van der Waals surface area (Å²) < 4.78 is 0. The zero-order valence-corrected chi connectivity index (χ0v) is 12.9. The molecule has 1 aliphatic rings. The summed E-state index contributed by atoms with van der Waals surface area (Å²) >= 11 is 1.86. The molecular formula is C15H24N2OS. The van der Waals surface area contributed by atoms with Crippen molar-refractivity contribution >= 4 is 17.2 Å². The van der Waals surface area contributed by atoms with Gasteiger partial charge in [0.2, 0.25) is 5.91 Å². The third-order valence-corrected chi connectivity index (χ3v) is 4.31. The molecule has 1 atom stereocenters. The highest BCUT2D eigenvalue weighted by Crippen LogP contribution is 2.33. The van der Waals surface area contributed by atoms with Crippen LogP contribution in [0.4, 0.5) is 0 Å². The van der Waals surface area contributed by atoms with Crippen molar-refractivity contribution in [3.8, 4) is 0 Å². The van der Waals surface area contributed by atoms with E-state index in [2.05, 4.69) is 22.1 Å². The van der Waals surface area contributed by atoms with Crippen molar-refractivity contribution in [3.63, 3.8) is 0 Å². The van der Waals surface area contributed by atoms with E-state index in [-0.39, 0.29) is 11.4 Å². The van der Waals surface area contributed by atoms with Crippen molar-refractivity contribution in [2.45, 2.75) is 58.0 Å². The van der Waals surface area contributed by atoms with Gasteiger partial charge in [0.25, 0.3) is 0 Å². The smallest absolute Gasteiger partial charge is 0.221 e. The largest absolute Gasteiger partial charge is 0.351 e. The molecule has 0 saturated heterocycles. The normalized spacial score (nSPS) is 19.0. The zero-order chi connectivity index (χ0) is 13.9. The van der Waals surface area contributed by atoms with E-state index >= 15 is 0 Å². The van der Waals surface area contributed by atoms with Crippen LogP contribution in [0, 0.1) is 0 Å². The van der Waals surface area contributed by atoms with Gasteiger partial charge in [-0.3, -0.25) is 4.79 Å². The summed E-state index contributed by atoms with van der Waals surface area (Å²) in [6.45, 7) is 6.78. The molecule has 4 heteroatoms. The lowest BCUT2D eigenvalue weighted by Crippen LogP contribution is -2.41. The first-order valence-electron chi connectivity index (χ1n) is 7.06. The Hall–Kier alpha value is -0.870.